The smallest absolute Gasteiger partial charge is 0.233 e. The lowest BCUT2D eigenvalue weighted by Gasteiger charge is -2.34. The van der Waals surface area contributed by atoms with Crippen molar-refractivity contribution in [1.82, 2.24) is 29.5 Å². The standard InChI is InChI=1S/C25H26N6O2S/c32-23(30-14-12-29(13-15-30)17-21-8-10-26-11-9-21)19-34-25-28-27-24(22-7-4-16-33-22)31(25)18-20-5-2-1-3-6-20/h1-11,16H,12-15,17-19H2. The first-order chi connectivity index (χ1) is 16.8. The third-order valence-corrected chi connectivity index (χ3v) is 6.80. The summed E-state index contributed by atoms with van der Waals surface area (Å²) in [5.41, 5.74) is 2.38. The van der Waals surface area contributed by atoms with Gasteiger partial charge in [-0.25, -0.2) is 0 Å². The molecule has 9 heteroatoms. The van der Waals surface area contributed by atoms with Crippen molar-refractivity contribution in [2.75, 3.05) is 31.9 Å². The number of rotatable bonds is 8. The summed E-state index contributed by atoms with van der Waals surface area (Å²) < 4.78 is 7.58. The molecular weight excluding hydrogens is 448 g/mol. The molecule has 0 N–H and O–H groups in total. The number of carbonyl (C=O) groups is 1. The van der Waals surface area contributed by atoms with Gasteiger partial charge >= 0.3 is 0 Å². The molecule has 1 aliphatic heterocycles. The maximum Gasteiger partial charge on any atom is 0.233 e. The second kappa shape index (κ2) is 10.7. The molecule has 1 fully saturated rings. The Morgan fingerprint density at radius 2 is 1.65 bits per heavy atom. The van der Waals surface area contributed by atoms with Crippen molar-refractivity contribution in [2.45, 2.75) is 18.2 Å². The fourth-order valence-electron chi connectivity index (χ4n) is 4.01. The molecule has 1 amide bonds. The number of thioether (sulfide) groups is 1. The normalized spacial score (nSPS) is 14.4. The minimum absolute atomic E-state index is 0.127. The maximum atomic E-state index is 12.9. The van der Waals surface area contributed by atoms with Gasteiger partial charge in [0.05, 0.1) is 18.6 Å². The highest BCUT2D eigenvalue weighted by Gasteiger charge is 2.23. The summed E-state index contributed by atoms with van der Waals surface area (Å²) in [7, 11) is 0. The zero-order valence-electron chi connectivity index (χ0n) is 18.8. The number of piperazine rings is 1. The Morgan fingerprint density at radius 1 is 0.882 bits per heavy atom. The second-order valence-electron chi connectivity index (χ2n) is 8.16. The molecule has 1 aromatic carbocycles. The first-order valence-corrected chi connectivity index (χ1v) is 12.3. The first-order valence-electron chi connectivity index (χ1n) is 11.3. The van der Waals surface area contributed by atoms with Gasteiger partial charge in [0, 0.05) is 45.1 Å². The van der Waals surface area contributed by atoms with E-state index in [0.717, 1.165) is 38.3 Å². The molecular formula is C25H26N6O2S. The van der Waals surface area contributed by atoms with Crippen molar-refractivity contribution in [2.24, 2.45) is 0 Å². The van der Waals surface area contributed by atoms with Crippen LogP contribution in [0.1, 0.15) is 11.1 Å². The number of hydrogen-bond donors (Lipinski definition) is 0. The fraction of sp³-hybridized carbons (Fsp3) is 0.280. The monoisotopic (exact) mass is 474 g/mol. The predicted octanol–water partition coefficient (Wildman–Crippen LogP) is 3.42. The number of pyridine rings is 1. The molecule has 0 saturated carbocycles. The molecule has 0 radical (unpaired) electrons. The van der Waals surface area contributed by atoms with Crippen LogP contribution in [0.5, 0.6) is 0 Å². The van der Waals surface area contributed by atoms with E-state index < -0.39 is 0 Å². The molecule has 0 unspecified atom stereocenters. The van der Waals surface area contributed by atoms with Crippen LogP contribution in [0.2, 0.25) is 0 Å². The first kappa shape index (κ1) is 22.4. The molecule has 3 aromatic heterocycles. The number of benzene rings is 1. The summed E-state index contributed by atoms with van der Waals surface area (Å²) in [6.07, 6.45) is 5.27. The topological polar surface area (TPSA) is 80.3 Å². The maximum absolute atomic E-state index is 12.9. The van der Waals surface area contributed by atoms with Gasteiger partial charge in [-0.2, -0.15) is 0 Å². The van der Waals surface area contributed by atoms with Gasteiger partial charge in [-0.15, -0.1) is 10.2 Å². The molecule has 4 heterocycles. The van der Waals surface area contributed by atoms with Crippen LogP contribution in [0.15, 0.2) is 82.8 Å². The van der Waals surface area contributed by atoms with Crippen molar-refractivity contribution < 1.29 is 9.21 Å². The van der Waals surface area contributed by atoms with E-state index in [4.69, 9.17) is 4.42 Å². The highest BCUT2D eigenvalue weighted by atomic mass is 32.2. The molecule has 1 saturated heterocycles. The third-order valence-electron chi connectivity index (χ3n) is 5.85. The van der Waals surface area contributed by atoms with E-state index >= 15 is 0 Å². The van der Waals surface area contributed by atoms with Crippen LogP contribution >= 0.6 is 11.8 Å². The lowest BCUT2D eigenvalue weighted by Crippen LogP contribution is -2.48. The van der Waals surface area contributed by atoms with Crippen molar-refractivity contribution in [1.29, 1.82) is 0 Å². The molecule has 0 aliphatic carbocycles. The largest absolute Gasteiger partial charge is 0.461 e. The minimum Gasteiger partial charge on any atom is -0.461 e. The molecule has 0 atom stereocenters. The summed E-state index contributed by atoms with van der Waals surface area (Å²) in [5.74, 6) is 1.78. The quantitative estimate of drug-likeness (QED) is 0.362. The lowest BCUT2D eigenvalue weighted by atomic mass is 10.2. The van der Waals surface area contributed by atoms with Crippen LogP contribution < -0.4 is 0 Å². The Hall–Kier alpha value is -3.43. The molecule has 174 valence electrons. The molecule has 8 nitrogen and oxygen atoms in total. The number of nitrogens with zero attached hydrogens (tertiary/aromatic N) is 6. The average molecular weight is 475 g/mol. The van der Waals surface area contributed by atoms with Crippen LogP contribution in [0.25, 0.3) is 11.6 Å². The van der Waals surface area contributed by atoms with Crippen LogP contribution in [0, 0.1) is 0 Å². The minimum atomic E-state index is 0.127. The summed E-state index contributed by atoms with van der Waals surface area (Å²) in [6, 6.07) is 17.9. The van der Waals surface area contributed by atoms with Gasteiger partial charge in [0.15, 0.2) is 10.9 Å². The molecule has 4 aromatic rings. The number of amides is 1. The zero-order chi connectivity index (χ0) is 23.2. The molecule has 1 aliphatic rings. The van der Waals surface area contributed by atoms with Gasteiger partial charge in [0.1, 0.15) is 0 Å². The Morgan fingerprint density at radius 3 is 2.38 bits per heavy atom. The van der Waals surface area contributed by atoms with Gasteiger partial charge in [0.2, 0.25) is 11.7 Å². The van der Waals surface area contributed by atoms with Crippen LogP contribution in [0.3, 0.4) is 0 Å². The lowest BCUT2D eigenvalue weighted by molar-refractivity contribution is -0.130. The number of aromatic nitrogens is 4. The Kier molecular flexibility index (Phi) is 7.02. The fourth-order valence-corrected chi connectivity index (χ4v) is 4.85. The molecule has 5 rings (SSSR count). The highest BCUT2D eigenvalue weighted by molar-refractivity contribution is 7.99. The zero-order valence-corrected chi connectivity index (χ0v) is 19.6. The number of carbonyl (C=O) groups excluding carboxylic acids is 1. The van der Waals surface area contributed by atoms with E-state index in [2.05, 4.69) is 32.2 Å². The van der Waals surface area contributed by atoms with Gasteiger partial charge in [-0.3, -0.25) is 19.2 Å². The van der Waals surface area contributed by atoms with E-state index in [0.29, 0.717) is 29.0 Å². The molecule has 34 heavy (non-hydrogen) atoms. The van der Waals surface area contributed by atoms with Gasteiger partial charge < -0.3 is 9.32 Å². The van der Waals surface area contributed by atoms with E-state index in [1.807, 2.05) is 64.3 Å². The summed E-state index contributed by atoms with van der Waals surface area (Å²) in [4.78, 5) is 21.3. The molecule has 0 bridgehead atoms. The van der Waals surface area contributed by atoms with Crippen LogP contribution in [-0.4, -0.2) is 67.4 Å². The molecule has 0 spiro atoms. The summed E-state index contributed by atoms with van der Waals surface area (Å²) >= 11 is 1.43. The van der Waals surface area contributed by atoms with Crippen LogP contribution in [-0.2, 0) is 17.9 Å². The van der Waals surface area contributed by atoms with Crippen molar-refractivity contribution in [3.05, 3.63) is 84.4 Å². The van der Waals surface area contributed by atoms with Crippen LogP contribution in [0.4, 0.5) is 0 Å². The van der Waals surface area contributed by atoms with Crippen molar-refractivity contribution in [3.8, 4) is 11.6 Å². The van der Waals surface area contributed by atoms with Gasteiger partial charge in [-0.05, 0) is 35.4 Å². The second-order valence-corrected chi connectivity index (χ2v) is 9.10. The number of furan rings is 1. The van der Waals surface area contributed by atoms with E-state index in [-0.39, 0.29) is 5.91 Å². The Labute approximate surface area is 202 Å². The summed E-state index contributed by atoms with van der Waals surface area (Å²) in [5, 5.41) is 9.44. The number of hydrogen-bond acceptors (Lipinski definition) is 7. The van der Waals surface area contributed by atoms with Gasteiger partial charge in [0.25, 0.3) is 0 Å². The highest BCUT2D eigenvalue weighted by Crippen LogP contribution is 2.26. The third kappa shape index (κ3) is 5.37. The average Bonchev–Trinajstić information content (AvgIpc) is 3.54. The van der Waals surface area contributed by atoms with Crippen molar-refractivity contribution in [3.63, 3.8) is 0 Å². The SMILES string of the molecule is O=C(CSc1nnc(-c2ccco2)n1Cc1ccccc1)N1CCN(Cc2ccncc2)CC1. The van der Waals surface area contributed by atoms with Crippen molar-refractivity contribution >= 4 is 17.7 Å². The Bertz CT molecular complexity index is 1190. The Balaban J connectivity index is 1.20. The van der Waals surface area contributed by atoms with Gasteiger partial charge in [-0.1, -0.05) is 42.1 Å². The van der Waals surface area contributed by atoms with E-state index in [1.54, 1.807) is 6.26 Å². The van der Waals surface area contributed by atoms with E-state index in [9.17, 15) is 4.79 Å². The predicted molar refractivity (Wildman–Crippen MR) is 130 cm³/mol. The summed E-state index contributed by atoms with van der Waals surface area (Å²) in [6.45, 7) is 4.69. The van der Waals surface area contributed by atoms with E-state index in [1.165, 1.54) is 17.3 Å².